The first-order valence-corrected chi connectivity index (χ1v) is 6.96. The molecule has 1 unspecified atom stereocenters. The van der Waals surface area contributed by atoms with E-state index in [-0.39, 0.29) is 12.6 Å². The summed E-state index contributed by atoms with van der Waals surface area (Å²) in [5.41, 5.74) is 0.475. The molecule has 0 saturated heterocycles. The Bertz CT molecular complexity index is 404. The van der Waals surface area contributed by atoms with Crippen molar-refractivity contribution in [3.8, 4) is 0 Å². The molecule has 20 heavy (non-hydrogen) atoms. The molecule has 2 nitrogen and oxygen atoms in total. The second-order valence-corrected chi connectivity index (χ2v) is 4.86. The number of halogens is 4. The van der Waals surface area contributed by atoms with Crippen LogP contribution in [0.1, 0.15) is 31.4 Å². The van der Waals surface area contributed by atoms with Crippen LogP contribution in [0.15, 0.2) is 18.2 Å². The summed E-state index contributed by atoms with van der Waals surface area (Å²) in [4.78, 5) is 0. The number of hydrogen-bond donors (Lipinski definition) is 1. The molecule has 0 heterocycles. The van der Waals surface area contributed by atoms with Crippen molar-refractivity contribution in [3.63, 3.8) is 0 Å². The van der Waals surface area contributed by atoms with Crippen LogP contribution in [-0.4, -0.2) is 26.2 Å². The van der Waals surface area contributed by atoms with E-state index in [0.29, 0.717) is 23.6 Å². The van der Waals surface area contributed by atoms with Crippen LogP contribution < -0.4 is 5.32 Å². The van der Waals surface area contributed by atoms with Gasteiger partial charge in [0.05, 0.1) is 0 Å². The zero-order valence-electron chi connectivity index (χ0n) is 11.3. The van der Waals surface area contributed by atoms with Crippen molar-refractivity contribution in [2.45, 2.75) is 32.2 Å². The Morgan fingerprint density at radius 1 is 1.35 bits per heavy atom. The molecule has 0 aromatic heterocycles. The van der Waals surface area contributed by atoms with E-state index in [1.54, 1.807) is 12.1 Å². The Hall–Kier alpha value is -0.780. The lowest BCUT2D eigenvalue weighted by Crippen LogP contribution is -2.24. The van der Waals surface area contributed by atoms with Gasteiger partial charge in [-0.2, -0.15) is 0 Å². The number of hydrogen-bond acceptors (Lipinski definition) is 2. The van der Waals surface area contributed by atoms with Gasteiger partial charge in [0.25, 0.3) is 6.43 Å². The van der Waals surface area contributed by atoms with Crippen molar-refractivity contribution >= 4 is 11.6 Å². The molecule has 0 aliphatic heterocycles. The SMILES string of the molecule is CCCNC(CCOCC(F)F)c1ccc(Cl)cc1F. The monoisotopic (exact) mass is 309 g/mol. The van der Waals surface area contributed by atoms with E-state index in [4.69, 9.17) is 16.3 Å². The highest BCUT2D eigenvalue weighted by Crippen LogP contribution is 2.23. The third-order valence-corrected chi connectivity index (χ3v) is 3.01. The molecule has 1 atom stereocenters. The van der Waals surface area contributed by atoms with E-state index in [0.717, 1.165) is 6.42 Å². The molecule has 1 N–H and O–H groups in total. The summed E-state index contributed by atoms with van der Waals surface area (Å²) >= 11 is 5.72. The van der Waals surface area contributed by atoms with E-state index >= 15 is 0 Å². The van der Waals surface area contributed by atoms with Gasteiger partial charge in [-0.05, 0) is 31.5 Å². The van der Waals surface area contributed by atoms with Crippen molar-refractivity contribution in [2.24, 2.45) is 0 Å². The minimum Gasteiger partial charge on any atom is -0.375 e. The standard InChI is InChI=1S/C14H19ClF3NO/c1-2-6-19-13(5-7-20-9-14(17)18)11-4-3-10(15)8-12(11)16/h3-4,8,13-14,19H,2,5-7,9H2,1H3. The number of nitrogens with one attached hydrogen (secondary N) is 1. The van der Waals surface area contributed by atoms with Crippen molar-refractivity contribution in [1.82, 2.24) is 5.32 Å². The lowest BCUT2D eigenvalue weighted by molar-refractivity contribution is 0.0143. The molecule has 0 aliphatic rings. The second kappa shape index (κ2) is 9.21. The van der Waals surface area contributed by atoms with Gasteiger partial charge in [-0.25, -0.2) is 13.2 Å². The first kappa shape index (κ1) is 17.3. The highest BCUT2D eigenvalue weighted by molar-refractivity contribution is 6.30. The van der Waals surface area contributed by atoms with Crippen LogP contribution in [-0.2, 0) is 4.74 Å². The Kier molecular flexibility index (Phi) is 7.95. The van der Waals surface area contributed by atoms with Crippen LogP contribution in [0.2, 0.25) is 5.02 Å². The van der Waals surface area contributed by atoms with Gasteiger partial charge in [-0.15, -0.1) is 0 Å². The molecule has 6 heteroatoms. The van der Waals surface area contributed by atoms with Gasteiger partial charge in [0.15, 0.2) is 0 Å². The van der Waals surface area contributed by atoms with Crippen LogP contribution in [0.5, 0.6) is 0 Å². The maximum Gasteiger partial charge on any atom is 0.261 e. The van der Waals surface area contributed by atoms with Crippen LogP contribution >= 0.6 is 11.6 Å². The largest absolute Gasteiger partial charge is 0.375 e. The molecule has 0 fully saturated rings. The lowest BCUT2D eigenvalue weighted by Gasteiger charge is -2.19. The van der Waals surface area contributed by atoms with Crippen LogP contribution in [0.3, 0.4) is 0 Å². The van der Waals surface area contributed by atoms with E-state index in [2.05, 4.69) is 5.32 Å². The summed E-state index contributed by atoms with van der Waals surface area (Å²) in [6.45, 7) is 2.26. The highest BCUT2D eigenvalue weighted by Gasteiger charge is 2.15. The molecule has 0 bridgehead atoms. The quantitative estimate of drug-likeness (QED) is 0.691. The molecular formula is C14H19ClF3NO. The average Bonchev–Trinajstić information content (AvgIpc) is 2.38. The van der Waals surface area contributed by atoms with Gasteiger partial charge in [0.2, 0.25) is 0 Å². The number of alkyl halides is 2. The first-order valence-electron chi connectivity index (χ1n) is 6.58. The van der Waals surface area contributed by atoms with Gasteiger partial charge >= 0.3 is 0 Å². The fourth-order valence-electron chi connectivity index (χ4n) is 1.84. The van der Waals surface area contributed by atoms with Crippen molar-refractivity contribution in [3.05, 3.63) is 34.6 Å². The predicted octanol–water partition coefficient (Wildman–Crippen LogP) is 4.19. The van der Waals surface area contributed by atoms with Crippen molar-refractivity contribution < 1.29 is 17.9 Å². The highest BCUT2D eigenvalue weighted by atomic mass is 35.5. The lowest BCUT2D eigenvalue weighted by atomic mass is 10.0. The summed E-state index contributed by atoms with van der Waals surface area (Å²) in [5, 5.41) is 3.51. The van der Waals surface area contributed by atoms with Crippen molar-refractivity contribution in [1.29, 1.82) is 0 Å². The van der Waals surface area contributed by atoms with Gasteiger partial charge in [-0.1, -0.05) is 24.6 Å². The van der Waals surface area contributed by atoms with E-state index in [1.807, 2.05) is 6.92 Å². The first-order chi connectivity index (χ1) is 9.54. The molecule has 0 saturated carbocycles. The minimum atomic E-state index is -2.48. The fourth-order valence-corrected chi connectivity index (χ4v) is 2.00. The molecule has 1 rings (SSSR count). The summed E-state index contributed by atoms with van der Waals surface area (Å²) in [5.74, 6) is -0.403. The fraction of sp³-hybridized carbons (Fsp3) is 0.571. The number of ether oxygens (including phenoxy) is 1. The summed E-state index contributed by atoms with van der Waals surface area (Å²) in [6.07, 6.45) is -1.17. The third-order valence-electron chi connectivity index (χ3n) is 2.77. The van der Waals surface area contributed by atoms with E-state index < -0.39 is 18.8 Å². The molecule has 1 aromatic rings. The molecule has 0 aliphatic carbocycles. The summed E-state index contributed by atoms with van der Waals surface area (Å²) < 4.78 is 42.7. The van der Waals surface area contributed by atoms with Crippen LogP contribution in [0, 0.1) is 5.82 Å². The van der Waals surface area contributed by atoms with Gasteiger partial charge in [0, 0.05) is 23.2 Å². The molecule has 1 aromatic carbocycles. The average molecular weight is 310 g/mol. The number of benzene rings is 1. The molecule has 0 amide bonds. The summed E-state index contributed by atoms with van der Waals surface area (Å²) in [6, 6.07) is 4.20. The molecule has 0 spiro atoms. The van der Waals surface area contributed by atoms with E-state index in [1.165, 1.54) is 6.07 Å². The maximum absolute atomic E-state index is 13.9. The Balaban J connectivity index is 2.62. The van der Waals surface area contributed by atoms with Crippen LogP contribution in [0.4, 0.5) is 13.2 Å². The van der Waals surface area contributed by atoms with Gasteiger partial charge < -0.3 is 10.1 Å². The zero-order chi connectivity index (χ0) is 15.0. The minimum absolute atomic E-state index is 0.147. The normalized spacial score (nSPS) is 12.9. The van der Waals surface area contributed by atoms with Gasteiger partial charge in [-0.3, -0.25) is 0 Å². The molecule has 0 radical (unpaired) electrons. The summed E-state index contributed by atoms with van der Waals surface area (Å²) in [7, 11) is 0. The molecular weight excluding hydrogens is 291 g/mol. The van der Waals surface area contributed by atoms with Gasteiger partial charge in [0.1, 0.15) is 12.4 Å². The Morgan fingerprint density at radius 2 is 2.10 bits per heavy atom. The smallest absolute Gasteiger partial charge is 0.261 e. The maximum atomic E-state index is 13.9. The Morgan fingerprint density at radius 3 is 2.70 bits per heavy atom. The van der Waals surface area contributed by atoms with E-state index in [9.17, 15) is 13.2 Å². The molecule has 114 valence electrons. The van der Waals surface area contributed by atoms with Crippen molar-refractivity contribution in [2.75, 3.05) is 19.8 Å². The number of rotatable bonds is 9. The topological polar surface area (TPSA) is 21.3 Å². The Labute approximate surface area is 122 Å². The van der Waals surface area contributed by atoms with Crippen LogP contribution in [0.25, 0.3) is 0 Å². The second-order valence-electron chi connectivity index (χ2n) is 4.43. The predicted molar refractivity (Wildman–Crippen MR) is 73.9 cm³/mol. The zero-order valence-corrected chi connectivity index (χ0v) is 12.1. The third kappa shape index (κ3) is 6.11.